The summed E-state index contributed by atoms with van der Waals surface area (Å²) < 4.78 is 36.2. The number of H-pyrrole nitrogens is 1. The van der Waals surface area contributed by atoms with Crippen LogP contribution in [0.5, 0.6) is 0 Å². The van der Waals surface area contributed by atoms with Gasteiger partial charge < -0.3 is 10.3 Å². The first-order chi connectivity index (χ1) is 9.68. The number of carbonyl (C=O) groups is 2. The molecule has 0 atom stereocenters. The van der Waals surface area contributed by atoms with Crippen molar-refractivity contribution in [1.29, 1.82) is 0 Å². The number of aromatic nitrogens is 1. The van der Waals surface area contributed by atoms with Crippen LogP contribution in [-0.2, 0) is 9.59 Å². The average Bonchev–Trinajstić information content (AvgIpc) is 2.64. The molecule has 7 heteroatoms. The molecule has 112 valence electrons. The molecule has 1 aromatic heterocycles. The van der Waals surface area contributed by atoms with Crippen LogP contribution >= 0.6 is 0 Å². The molecule has 4 nitrogen and oxygen atoms in total. The fourth-order valence-corrected chi connectivity index (χ4v) is 1.99. The van der Waals surface area contributed by atoms with Crippen molar-refractivity contribution in [1.82, 2.24) is 4.98 Å². The lowest BCUT2D eigenvalue weighted by atomic mass is 10.1. The summed E-state index contributed by atoms with van der Waals surface area (Å²) in [6.07, 6.45) is -6.21. The Labute approximate surface area is 118 Å². The molecule has 0 saturated heterocycles. The van der Waals surface area contributed by atoms with Gasteiger partial charge in [0.05, 0.1) is 6.42 Å². The molecule has 2 rings (SSSR count). The second kappa shape index (κ2) is 5.23. The van der Waals surface area contributed by atoms with Crippen molar-refractivity contribution >= 4 is 28.3 Å². The van der Waals surface area contributed by atoms with E-state index in [0.29, 0.717) is 5.69 Å². The van der Waals surface area contributed by atoms with Crippen molar-refractivity contribution in [2.45, 2.75) is 26.4 Å². The van der Waals surface area contributed by atoms with Crippen molar-refractivity contribution < 1.29 is 22.8 Å². The number of alkyl halides is 3. The summed E-state index contributed by atoms with van der Waals surface area (Å²) in [7, 11) is 0. The average molecular weight is 298 g/mol. The van der Waals surface area contributed by atoms with E-state index in [1.807, 2.05) is 13.8 Å². The number of ketones is 1. The van der Waals surface area contributed by atoms with Gasteiger partial charge >= 0.3 is 6.18 Å². The van der Waals surface area contributed by atoms with Crippen LogP contribution in [0, 0.1) is 13.8 Å². The molecule has 21 heavy (non-hydrogen) atoms. The number of nitrogens with one attached hydrogen (secondary N) is 2. The number of aryl methyl sites for hydroxylation is 2. The van der Waals surface area contributed by atoms with Gasteiger partial charge in [0.2, 0.25) is 11.7 Å². The summed E-state index contributed by atoms with van der Waals surface area (Å²) in [6, 6.07) is 4.94. The lowest BCUT2D eigenvalue weighted by Crippen LogP contribution is -2.27. The Hall–Kier alpha value is -2.31. The Morgan fingerprint density at radius 1 is 1.24 bits per heavy atom. The number of carbonyl (C=O) groups excluding carboxylic acids is 2. The largest absolute Gasteiger partial charge is 0.450 e. The third-order valence-electron chi connectivity index (χ3n) is 3.23. The summed E-state index contributed by atoms with van der Waals surface area (Å²) in [4.78, 5) is 25.3. The number of Topliss-reactive ketones (excluding diaryl/α,β-unsaturated/α-hetero) is 1. The van der Waals surface area contributed by atoms with Crippen LogP contribution in [0.3, 0.4) is 0 Å². The number of anilines is 1. The minimum absolute atomic E-state index is 0.351. The molecule has 2 aromatic rings. The van der Waals surface area contributed by atoms with Gasteiger partial charge in [-0.05, 0) is 37.6 Å². The molecule has 0 saturated carbocycles. The van der Waals surface area contributed by atoms with Crippen molar-refractivity contribution in [3.63, 3.8) is 0 Å². The van der Waals surface area contributed by atoms with E-state index in [9.17, 15) is 22.8 Å². The third-order valence-corrected chi connectivity index (χ3v) is 3.23. The van der Waals surface area contributed by atoms with E-state index in [-0.39, 0.29) is 0 Å². The molecule has 2 N–H and O–H groups in total. The van der Waals surface area contributed by atoms with Crippen molar-refractivity contribution in [3.8, 4) is 0 Å². The second-order valence-electron chi connectivity index (χ2n) is 4.78. The summed E-state index contributed by atoms with van der Waals surface area (Å²) in [5.74, 6) is -3.05. The smallest absolute Gasteiger partial charge is 0.358 e. The lowest BCUT2D eigenvalue weighted by molar-refractivity contribution is -0.171. The van der Waals surface area contributed by atoms with Crippen LogP contribution in [0.1, 0.15) is 17.7 Å². The van der Waals surface area contributed by atoms with Gasteiger partial charge in [-0.2, -0.15) is 13.2 Å². The maximum absolute atomic E-state index is 12.1. The molecule has 0 radical (unpaired) electrons. The SMILES string of the molecule is Cc1[nH]c2ccc(NC(=O)CC(=O)C(F)(F)F)cc2c1C. The fraction of sp³-hybridized carbons (Fsp3) is 0.286. The number of halogens is 3. The molecular weight excluding hydrogens is 285 g/mol. The summed E-state index contributed by atoms with van der Waals surface area (Å²) >= 11 is 0. The van der Waals surface area contributed by atoms with E-state index in [4.69, 9.17) is 0 Å². The lowest BCUT2D eigenvalue weighted by Gasteiger charge is -2.07. The first-order valence-electron chi connectivity index (χ1n) is 6.17. The predicted molar refractivity (Wildman–Crippen MR) is 72.1 cm³/mol. The molecular formula is C14H13F3N2O2. The highest BCUT2D eigenvalue weighted by Gasteiger charge is 2.39. The van der Waals surface area contributed by atoms with E-state index in [1.54, 1.807) is 18.2 Å². The molecule has 0 aliphatic heterocycles. The van der Waals surface area contributed by atoms with Crippen LogP contribution in [0.2, 0.25) is 0 Å². The number of hydrogen-bond donors (Lipinski definition) is 2. The van der Waals surface area contributed by atoms with Crippen molar-refractivity contribution in [2.24, 2.45) is 0 Å². The zero-order chi connectivity index (χ0) is 15.8. The van der Waals surface area contributed by atoms with Gasteiger partial charge in [-0.25, -0.2) is 0 Å². The highest BCUT2D eigenvalue weighted by Crippen LogP contribution is 2.25. The van der Waals surface area contributed by atoms with Gasteiger partial charge in [-0.1, -0.05) is 0 Å². The quantitative estimate of drug-likeness (QED) is 0.854. The molecule has 1 amide bonds. The van der Waals surface area contributed by atoms with Gasteiger partial charge in [0, 0.05) is 22.3 Å². The normalized spacial score (nSPS) is 11.7. The van der Waals surface area contributed by atoms with Crippen molar-refractivity contribution in [2.75, 3.05) is 5.32 Å². The monoisotopic (exact) mass is 298 g/mol. The van der Waals surface area contributed by atoms with E-state index in [1.165, 1.54) is 0 Å². The molecule has 0 spiro atoms. The number of rotatable bonds is 3. The van der Waals surface area contributed by atoms with Crippen LogP contribution in [0.25, 0.3) is 10.9 Å². The molecule has 0 fully saturated rings. The van der Waals surface area contributed by atoms with Crippen LogP contribution in [0.4, 0.5) is 18.9 Å². The van der Waals surface area contributed by atoms with Crippen LogP contribution < -0.4 is 5.32 Å². The number of fused-ring (bicyclic) bond motifs is 1. The minimum Gasteiger partial charge on any atom is -0.358 e. The predicted octanol–water partition coefficient (Wildman–Crippen LogP) is 3.24. The fourth-order valence-electron chi connectivity index (χ4n) is 1.99. The van der Waals surface area contributed by atoms with Crippen molar-refractivity contribution in [3.05, 3.63) is 29.5 Å². The highest BCUT2D eigenvalue weighted by atomic mass is 19.4. The first kappa shape index (κ1) is 15.1. The summed E-state index contributed by atoms with van der Waals surface area (Å²) in [5, 5.41) is 3.17. The number of aromatic amines is 1. The topological polar surface area (TPSA) is 62.0 Å². The third kappa shape index (κ3) is 3.24. The Morgan fingerprint density at radius 2 is 1.90 bits per heavy atom. The Bertz CT molecular complexity index is 717. The zero-order valence-corrected chi connectivity index (χ0v) is 11.4. The number of hydrogen-bond acceptors (Lipinski definition) is 2. The van der Waals surface area contributed by atoms with Crippen LogP contribution in [0.15, 0.2) is 18.2 Å². The molecule has 1 heterocycles. The van der Waals surface area contributed by atoms with E-state index in [2.05, 4.69) is 10.3 Å². The van der Waals surface area contributed by atoms with E-state index < -0.39 is 24.3 Å². The molecule has 1 aromatic carbocycles. The highest BCUT2D eigenvalue weighted by molar-refractivity contribution is 6.06. The second-order valence-corrected chi connectivity index (χ2v) is 4.78. The standard InChI is InChI=1S/C14H13F3N2O2/c1-7-8(2)18-11-4-3-9(5-10(7)11)19-13(21)6-12(20)14(15,16)17/h3-5,18H,6H2,1-2H3,(H,19,21). The number of amides is 1. The van der Waals surface area contributed by atoms with Gasteiger partial charge in [-0.15, -0.1) is 0 Å². The van der Waals surface area contributed by atoms with E-state index in [0.717, 1.165) is 22.2 Å². The Kier molecular flexibility index (Phi) is 3.76. The Morgan fingerprint density at radius 3 is 2.52 bits per heavy atom. The molecule has 0 bridgehead atoms. The molecule has 0 unspecified atom stereocenters. The summed E-state index contributed by atoms with van der Waals surface area (Å²) in [6.45, 7) is 3.79. The molecule has 0 aliphatic carbocycles. The van der Waals surface area contributed by atoms with Gasteiger partial charge in [0.1, 0.15) is 0 Å². The minimum atomic E-state index is -4.99. The summed E-state index contributed by atoms with van der Waals surface area (Å²) in [5.41, 5.74) is 3.19. The zero-order valence-electron chi connectivity index (χ0n) is 11.4. The number of benzene rings is 1. The van der Waals surface area contributed by atoms with Crippen LogP contribution in [-0.4, -0.2) is 22.9 Å². The first-order valence-corrected chi connectivity index (χ1v) is 6.17. The molecule has 0 aliphatic rings. The maximum Gasteiger partial charge on any atom is 0.450 e. The van der Waals surface area contributed by atoms with E-state index >= 15 is 0 Å². The maximum atomic E-state index is 12.1. The van der Waals surface area contributed by atoms with Gasteiger partial charge in [-0.3, -0.25) is 9.59 Å². The van der Waals surface area contributed by atoms with Gasteiger partial charge in [0.15, 0.2) is 0 Å². The van der Waals surface area contributed by atoms with Gasteiger partial charge in [0.25, 0.3) is 0 Å². The Balaban J connectivity index is 2.15.